The molecule has 2 atom stereocenters. The van der Waals surface area contributed by atoms with Gasteiger partial charge in [-0.15, -0.1) is 12.4 Å². The molecule has 8 heteroatoms. The zero-order valence-corrected chi connectivity index (χ0v) is 23.3. The summed E-state index contributed by atoms with van der Waals surface area (Å²) in [4.78, 5) is 30.6. The molecular weight excluding hydrogens is 486 g/mol. The van der Waals surface area contributed by atoms with Crippen LogP contribution in [0.5, 0.6) is 0 Å². The predicted octanol–water partition coefficient (Wildman–Crippen LogP) is 4.42. The molecule has 3 heterocycles. The van der Waals surface area contributed by atoms with Crippen LogP contribution in [0.15, 0.2) is 30.3 Å². The number of piperazine rings is 1. The first-order valence-corrected chi connectivity index (χ1v) is 13.8. The highest BCUT2D eigenvalue weighted by atomic mass is 35.5. The zero-order valence-electron chi connectivity index (χ0n) is 22.5. The normalized spacial score (nSPS) is 24.1. The van der Waals surface area contributed by atoms with Crippen molar-refractivity contribution in [1.82, 2.24) is 24.9 Å². The Kier molecular flexibility index (Phi) is 8.96. The lowest BCUT2D eigenvalue weighted by molar-refractivity contribution is -0.151. The average Bonchev–Trinajstić information content (AvgIpc) is 3.17. The van der Waals surface area contributed by atoms with Crippen molar-refractivity contribution in [3.8, 4) is 5.69 Å². The highest BCUT2D eigenvalue weighted by molar-refractivity contribution is 5.97. The van der Waals surface area contributed by atoms with E-state index in [1.807, 2.05) is 29.9 Å². The summed E-state index contributed by atoms with van der Waals surface area (Å²) in [5.41, 5.74) is 4.62. The number of halogens is 1. The quantitative estimate of drug-likeness (QED) is 0.603. The standard InChI is InChI=1S/C29H41N5O2.ClH/c1-20-25(21(2)34(31-20)24-12-8-5-9-13-24)19-33-16-14-23(15-17-33)27-28(35)30-26(29(36)32(27)3)18-22-10-6-4-7-11-22;/h5,8-9,12-13,22-23,26-27H,4,6-7,10-11,14-19H2,1-3H3,(H,30,35);1H/t26-,27-;/m0./s1. The topological polar surface area (TPSA) is 70.5 Å². The van der Waals surface area contributed by atoms with Gasteiger partial charge in [0.1, 0.15) is 12.1 Å². The van der Waals surface area contributed by atoms with Gasteiger partial charge in [-0.25, -0.2) is 4.68 Å². The number of carbonyl (C=O) groups is 2. The fraction of sp³-hybridized carbons (Fsp3) is 0.621. The Hall–Kier alpha value is -2.38. The van der Waals surface area contributed by atoms with E-state index in [2.05, 4.69) is 36.2 Å². The SMILES string of the molecule is Cc1nn(-c2ccccc2)c(C)c1CN1CCC([C@H]2C(=O)N[C@@H](CC3CCCCC3)C(=O)N2C)CC1.Cl. The van der Waals surface area contributed by atoms with Gasteiger partial charge in [0, 0.05) is 24.8 Å². The number of para-hydroxylation sites is 1. The second-order valence-corrected chi connectivity index (χ2v) is 11.2. The van der Waals surface area contributed by atoms with E-state index in [-0.39, 0.29) is 42.2 Å². The molecule has 2 aliphatic heterocycles. The molecule has 37 heavy (non-hydrogen) atoms. The van der Waals surface area contributed by atoms with E-state index in [0.717, 1.165) is 50.3 Å². The molecule has 1 N–H and O–H groups in total. The van der Waals surface area contributed by atoms with E-state index in [9.17, 15) is 9.59 Å². The zero-order chi connectivity index (χ0) is 25.2. The molecular formula is C29H42ClN5O2. The molecule has 0 radical (unpaired) electrons. The average molecular weight is 528 g/mol. The maximum atomic E-state index is 13.2. The first-order chi connectivity index (χ1) is 17.4. The van der Waals surface area contributed by atoms with Crippen LogP contribution in [0.2, 0.25) is 0 Å². The van der Waals surface area contributed by atoms with Gasteiger partial charge in [-0.2, -0.15) is 5.10 Å². The van der Waals surface area contributed by atoms with Crippen molar-refractivity contribution >= 4 is 24.2 Å². The van der Waals surface area contributed by atoms with E-state index < -0.39 is 0 Å². The molecule has 2 saturated heterocycles. The second-order valence-electron chi connectivity index (χ2n) is 11.2. The summed E-state index contributed by atoms with van der Waals surface area (Å²) in [5.74, 6) is 0.929. The van der Waals surface area contributed by atoms with Crippen LogP contribution in [0.25, 0.3) is 5.69 Å². The molecule has 0 spiro atoms. The van der Waals surface area contributed by atoms with Gasteiger partial charge in [-0.05, 0) is 70.2 Å². The van der Waals surface area contributed by atoms with Crippen LogP contribution in [-0.4, -0.2) is 63.6 Å². The maximum Gasteiger partial charge on any atom is 0.245 e. The summed E-state index contributed by atoms with van der Waals surface area (Å²) in [6.07, 6.45) is 8.84. The van der Waals surface area contributed by atoms with Crippen molar-refractivity contribution in [2.75, 3.05) is 20.1 Å². The number of hydrogen-bond acceptors (Lipinski definition) is 4. The van der Waals surface area contributed by atoms with Gasteiger partial charge in [0.15, 0.2) is 0 Å². The summed E-state index contributed by atoms with van der Waals surface area (Å²) >= 11 is 0. The third kappa shape index (κ3) is 5.88. The Labute approximate surface area is 227 Å². The first-order valence-electron chi connectivity index (χ1n) is 13.8. The Bertz CT molecular complexity index is 1070. The smallest absolute Gasteiger partial charge is 0.245 e. The monoisotopic (exact) mass is 527 g/mol. The lowest BCUT2D eigenvalue weighted by Gasteiger charge is -2.44. The van der Waals surface area contributed by atoms with Crippen molar-refractivity contribution in [1.29, 1.82) is 0 Å². The van der Waals surface area contributed by atoms with Crippen LogP contribution in [0.1, 0.15) is 68.3 Å². The number of rotatable bonds is 6. The van der Waals surface area contributed by atoms with E-state index in [4.69, 9.17) is 5.10 Å². The van der Waals surface area contributed by atoms with Crippen LogP contribution in [-0.2, 0) is 16.1 Å². The number of hydrogen-bond donors (Lipinski definition) is 1. The molecule has 5 rings (SSSR count). The molecule has 202 valence electrons. The number of likely N-dealkylation sites (tertiary alicyclic amines) is 1. The molecule has 3 aliphatic rings. The molecule has 1 aliphatic carbocycles. The number of aromatic nitrogens is 2. The lowest BCUT2D eigenvalue weighted by Crippen LogP contribution is -2.65. The second kappa shape index (κ2) is 12.0. The van der Waals surface area contributed by atoms with Gasteiger partial charge >= 0.3 is 0 Å². The van der Waals surface area contributed by atoms with Gasteiger partial charge < -0.3 is 10.2 Å². The van der Waals surface area contributed by atoms with E-state index in [1.54, 1.807) is 4.90 Å². The van der Waals surface area contributed by atoms with Gasteiger partial charge in [-0.3, -0.25) is 14.5 Å². The summed E-state index contributed by atoms with van der Waals surface area (Å²) in [5, 5.41) is 7.92. The molecule has 0 bridgehead atoms. The van der Waals surface area contributed by atoms with Crippen molar-refractivity contribution in [2.45, 2.75) is 83.8 Å². The lowest BCUT2D eigenvalue weighted by atomic mass is 9.82. The molecule has 2 aromatic rings. The summed E-state index contributed by atoms with van der Waals surface area (Å²) in [6.45, 7) is 6.96. The Morgan fingerprint density at radius 3 is 2.32 bits per heavy atom. The minimum Gasteiger partial charge on any atom is -0.342 e. The minimum absolute atomic E-state index is 0. The van der Waals surface area contributed by atoms with Crippen molar-refractivity contribution in [2.24, 2.45) is 11.8 Å². The van der Waals surface area contributed by atoms with Crippen molar-refractivity contribution in [3.63, 3.8) is 0 Å². The third-order valence-corrected chi connectivity index (χ3v) is 8.84. The van der Waals surface area contributed by atoms with Crippen molar-refractivity contribution < 1.29 is 9.59 Å². The molecule has 7 nitrogen and oxygen atoms in total. The number of piperidine rings is 1. The van der Waals surface area contributed by atoms with Crippen LogP contribution < -0.4 is 5.32 Å². The number of amides is 2. The van der Waals surface area contributed by atoms with E-state index >= 15 is 0 Å². The number of carbonyl (C=O) groups excluding carboxylic acids is 2. The summed E-state index contributed by atoms with van der Waals surface area (Å²) in [6, 6.07) is 9.59. The molecule has 1 saturated carbocycles. The summed E-state index contributed by atoms with van der Waals surface area (Å²) < 4.78 is 2.04. The van der Waals surface area contributed by atoms with Crippen LogP contribution in [0, 0.1) is 25.7 Å². The molecule has 1 aromatic heterocycles. The van der Waals surface area contributed by atoms with Crippen LogP contribution in [0.3, 0.4) is 0 Å². The summed E-state index contributed by atoms with van der Waals surface area (Å²) in [7, 11) is 1.84. The first kappa shape index (κ1) is 27.6. The minimum atomic E-state index is -0.341. The van der Waals surface area contributed by atoms with Crippen LogP contribution >= 0.6 is 12.4 Å². The number of nitrogens with one attached hydrogen (secondary N) is 1. The predicted molar refractivity (Wildman–Crippen MR) is 148 cm³/mol. The van der Waals surface area contributed by atoms with Crippen LogP contribution in [0.4, 0.5) is 0 Å². The van der Waals surface area contributed by atoms with Gasteiger partial charge in [0.05, 0.1) is 11.4 Å². The van der Waals surface area contributed by atoms with Gasteiger partial charge in [0.25, 0.3) is 0 Å². The molecule has 0 unspecified atom stereocenters. The number of nitrogens with zero attached hydrogens (tertiary/aromatic N) is 4. The molecule has 1 aromatic carbocycles. The van der Waals surface area contributed by atoms with E-state index in [0.29, 0.717) is 5.92 Å². The number of benzene rings is 1. The van der Waals surface area contributed by atoms with E-state index in [1.165, 1.54) is 43.4 Å². The van der Waals surface area contributed by atoms with Crippen molar-refractivity contribution in [3.05, 3.63) is 47.3 Å². The molecule has 3 fully saturated rings. The Morgan fingerprint density at radius 1 is 0.973 bits per heavy atom. The maximum absolute atomic E-state index is 13.2. The van der Waals surface area contributed by atoms with Gasteiger partial charge in [-0.1, -0.05) is 50.3 Å². The number of likely N-dealkylation sites (N-methyl/N-ethyl adjacent to an activating group) is 1. The largest absolute Gasteiger partial charge is 0.342 e. The highest BCUT2D eigenvalue weighted by Crippen LogP contribution is 2.31. The molecule has 2 amide bonds. The fourth-order valence-electron chi connectivity index (χ4n) is 6.70. The Balaban J connectivity index is 0.00000320. The third-order valence-electron chi connectivity index (χ3n) is 8.84. The van der Waals surface area contributed by atoms with Gasteiger partial charge in [0.2, 0.25) is 11.8 Å². The fourth-order valence-corrected chi connectivity index (χ4v) is 6.70. The Morgan fingerprint density at radius 2 is 1.65 bits per heavy atom. The highest BCUT2D eigenvalue weighted by Gasteiger charge is 2.43. The number of aryl methyl sites for hydroxylation is 1.